The van der Waals surface area contributed by atoms with E-state index in [9.17, 15) is 25.3 Å². The van der Waals surface area contributed by atoms with Crippen molar-refractivity contribution in [3.8, 4) is 0 Å². The topological polar surface area (TPSA) is 102 Å². The molecule has 0 aliphatic heterocycles. The summed E-state index contributed by atoms with van der Waals surface area (Å²) in [5.41, 5.74) is 0.673. The number of halogens is 1. The Morgan fingerprint density at radius 1 is 0.621 bits per heavy atom. The second kappa shape index (κ2) is 6.04. The van der Waals surface area contributed by atoms with Crippen molar-refractivity contribution in [2.45, 2.75) is 21.6 Å². The lowest BCUT2D eigenvalue weighted by Gasteiger charge is -2.18. The van der Waals surface area contributed by atoms with Crippen LogP contribution in [-0.2, 0) is 28.7 Å². The third-order valence-corrected chi connectivity index (χ3v) is 8.69. The van der Waals surface area contributed by atoms with Gasteiger partial charge in [-0.05, 0) is 35.4 Å². The van der Waals surface area contributed by atoms with E-state index in [1.54, 1.807) is 31.2 Å². The molecule has 6 nitrogen and oxygen atoms in total. The summed E-state index contributed by atoms with van der Waals surface area (Å²) in [5, 5.41) is 2.51. The molecule has 4 rings (SSSR count). The number of rotatable bonds is 3. The Morgan fingerprint density at radius 3 is 1.45 bits per heavy atom. The minimum absolute atomic E-state index is 0.0944. The quantitative estimate of drug-likeness (QED) is 0.334. The summed E-state index contributed by atoms with van der Waals surface area (Å²) < 4.78 is 74.0. The molecule has 0 N–H and O–H groups in total. The van der Waals surface area contributed by atoms with Gasteiger partial charge >= 0.3 is 0 Å². The number of aryl methyl sites for hydroxylation is 1. The van der Waals surface area contributed by atoms with E-state index in [1.807, 2.05) is 0 Å². The van der Waals surface area contributed by atoms with Gasteiger partial charge in [0.15, 0.2) is 19.7 Å². The van der Waals surface area contributed by atoms with Crippen molar-refractivity contribution in [1.82, 2.24) is 0 Å². The Hall–Kier alpha value is -1.94. The molecule has 0 fully saturated rings. The SMILES string of the molecule is Cc1cc(S(C)(=O)=O)c2ccc3c(S(C)(=O)=O)cc(S(=O)(=O)Cl)c4ccc1c2c34. The van der Waals surface area contributed by atoms with Crippen molar-refractivity contribution in [1.29, 1.82) is 0 Å². The first-order valence-corrected chi connectivity index (χ1v) is 14.4. The Morgan fingerprint density at radius 2 is 1.00 bits per heavy atom. The summed E-state index contributed by atoms with van der Waals surface area (Å²) in [6, 6.07) is 8.95. The monoisotopic (exact) mass is 470 g/mol. The average Bonchev–Trinajstić information content (AvgIpc) is 2.57. The zero-order chi connectivity index (χ0) is 21.5. The van der Waals surface area contributed by atoms with E-state index in [0.717, 1.165) is 18.6 Å². The van der Waals surface area contributed by atoms with E-state index in [2.05, 4.69) is 0 Å². The van der Waals surface area contributed by atoms with E-state index in [1.165, 1.54) is 6.07 Å². The molecule has 0 spiro atoms. The standard InChI is InChI=1S/C19H15ClO6S3/c1-10-8-15(27(2,21)22)12-6-7-13-16(28(3,23)24)9-17(29(20,25)26)14-5-4-11(10)18(12)19(13)14/h4-9H,1-3H3. The lowest BCUT2D eigenvalue weighted by atomic mass is 9.92. The minimum Gasteiger partial charge on any atom is -0.224 e. The van der Waals surface area contributed by atoms with Gasteiger partial charge in [-0.15, -0.1) is 0 Å². The first kappa shape index (κ1) is 20.3. The largest absolute Gasteiger partial charge is 0.261 e. The maximum absolute atomic E-state index is 12.4. The van der Waals surface area contributed by atoms with Gasteiger partial charge in [0.1, 0.15) is 0 Å². The summed E-state index contributed by atoms with van der Waals surface area (Å²) in [4.78, 5) is -0.415. The molecular formula is C19H15ClO6S3. The summed E-state index contributed by atoms with van der Waals surface area (Å²) in [5.74, 6) is 0. The zero-order valence-electron chi connectivity index (χ0n) is 15.5. The van der Waals surface area contributed by atoms with E-state index in [4.69, 9.17) is 10.7 Å². The maximum atomic E-state index is 12.4. The molecule has 4 aromatic carbocycles. The number of hydrogen-bond acceptors (Lipinski definition) is 6. The molecule has 0 unspecified atom stereocenters. The van der Waals surface area contributed by atoms with Crippen molar-refractivity contribution in [3.63, 3.8) is 0 Å². The molecule has 29 heavy (non-hydrogen) atoms. The fraction of sp³-hybridized carbons (Fsp3) is 0.158. The smallest absolute Gasteiger partial charge is 0.224 e. The molecule has 0 radical (unpaired) electrons. The van der Waals surface area contributed by atoms with Crippen LogP contribution in [0.3, 0.4) is 0 Å². The molecule has 0 heterocycles. The molecule has 0 aromatic heterocycles. The van der Waals surface area contributed by atoms with Gasteiger partial charge in [-0.1, -0.05) is 24.3 Å². The van der Waals surface area contributed by atoms with E-state index < -0.39 is 28.7 Å². The molecule has 0 bridgehead atoms. The maximum Gasteiger partial charge on any atom is 0.261 e. The molecule has 0 aliphatic carbocycles. The van der Waals surface area contributed by atoms with Crippen molar-refractivity contribution >= 4 is 71.7 Å². The predicted octanol–water partition coefficient (Wildman–Crippen LogP) is 3.63. The van der Waals surface area contributed by atoms with Gasteiger partial charge in [0.05, 0.1) is 14.7 Å². The molecule has 10 heteroatoms. The van der Waals surface area contributed by atoms with Crippen LogP contribution >= 0.6 is 10.7 Å². The van der Waals surface area contributed by atoms with Crippen LogP contribution in [0.15, 0.2) is 51.1 Å². The van der Waals surface area contributed by atoms with Gasteiger partial charge in [0, 0.05) is 44.7 Å². The first-order valence-electron chi connectivity index (χ1n) is 8.31. The highest BCUT2D eigenvalue weighted by atomic mass is 35.7. The molecule has 152 valence electrons. The Bertz CT molecular complexity index is 1620. The highest BCUT2D eigenvalue weighted by Gasteiger charge is 2.26. The first-order chi connectivity index (χ1) is 13.2. The van der Waals surface area contributed by atoms with Gasteiger partial charge in [0.25, 0.3) is 9.05 Å². The summed E-state index contributed by atoms with van der Waals surface area (Å²) in [6.45, 7) is 1.75. The third kappa shape index (κ3) is 3.07. The second-order valence-electron chi connectivity index (χ2n) is 7.12. The van der Waals surface area contributed by atoms with Crippen LogP contribution in [0.25, 0.3) is 32.3 Å². The van der Waals surface area contributed by atoms with Crippen LogP contribution < -0.4 is 0 Å². The van der Waals surface area contributed by atoms with Crippen molar-refractivity contribution < 1.29 is 25.3 Å². The summed E-state index contributed by atoms with van der Waals surface area (Å²) in [7, 11) is -6.04. The molecule has 0 atom stereocenters. The van der Waals surface area contributed by atoms with Crippen LogP contribution in [0.1, 0.15) is 5.56 Å². The van der Waals surface area contributed by atoms with Gasteiger partial charge in [-0.25, -0.2) is 25.3 Å². The third-order valence-electron chi connectivity index (χ3n) is 5.05. The van der Waals surface area contributed by atoms with Crippen LogP contribution in [0.2, 0.25) is 0 Å². The van der Waals surface area contributed by atoms with Crippen LogP contribution in [0, 0.1) is 6.92 Å². The highest BCUT2D eigenvalue weighted by molar-refractivity contribution is 8.14. The lowest BCUT2D eigenvalue weighted by Crippen LogP contribution is -2.05. The highest BCUT2D eigenvalue weighted by Crippen LogP contribution is 2.43. The minimum atomic E-state index is -4.27. The molecule has 4 aromatic rings. The van der Waals surface area contributed by atoms with Crippen LogP contribution in [-0.4, -0.2) is 37.8 Å². The van der Waals surface area contributed by atoms with Crippen LogP contribution in [0.5, 0.6) is 0 Å². The van der Waals surface area contributed by atoms with Gasteiger partial charge in [0.2, 0.25) is 0 Å². The van der Waals surface area contributed by atoms with E-state index in [0.29, 0.717) is 32.5 Å². The van der Waals surface area contributed by atoms with Crippen molar-refractivity contribution in [2.75, 3.05) is 12.5 Å². The van der Waals surface area contributed by atoms with E-state index >= 15 is 0 Å². The normalized spacial score (nSPS) is 13.7. The second-order valence-corrected chi connectivity index (χ2v) is 13.6. The number of sulfone groups is 2. The molecule has 0 amide bonds. The van der Waals surface area contributed by atoms with Crippen molar-refractivity contribution in [3.05, 3.63) is 42.0 Å². The summed E-state index contributed by atoms with van der Waals surface area (Å²) >= 11 is 0. The molecule has 0 aliphatic rings. The average molecular weight is 471 g/mol. The zero-order valence-corrected chi connectivity index (χ0v) is 18.7. The number of benzene rings is 4. The molecule has 0 saturated carbocycles. The van der Waals surface area contributed by atoms with Crippen molar-refractivity contribution in [2.24, 2.45) is 0 Å². The molecular weight excluding hydrogens is 456 g/mol. The van der Waals surface area contributed by atoms with Crippen LogP contribution in [0.4, 0.5) is 0 Å². The Kier molecular flexibility index (Phi) is 4.23. The summed E-state index contributed by atoms with van der Waals surface area (Å²) in [6.07, 6.45) is 2.08. The Balaban J connectivity index is 2.47. The lowest BCUT2D eigenvalue weighted by molar-refractivity contribution is 0.600. The molecule has 0 saturated heterocycles. The fourth-order valence-electron chi connectivity index (χ4n) is 3.88. The number of hydrogen-bond donors (Lipinski definition) is 0. The van der Waals surface area contributed by atoms with Gasteiger partial charge < -0.3 is 0 Å². The van der Waals surface area contributed by atoms with E-state index in [-0.39, 0.29) is 20.1 Å². The predicted molar refractivity (Wildman–Crippen MR) is 114 cm³/mol. The fourth-order valence-corrected chi connectivity index (χ4v) is 6.89. The Labute approximate surface area is 172 Å². The van der Waals surface area contributed by atoms with Gasteiger partial charge in [-0.3, -0.25) is 0 Å². The van der Waals surface area contributed by atoms with Gasteiger partial charge in [-0.2, -0.15) is 0 Å².